The molecule has 0 saturated heterocycles. The van der Waals surface area contributed by atoms with Gasteiger partial charge in [0.25, 0.3) is 0 Å². The van der Waals surface area contributed by atoms with Gasteiger partial charge in [0, 0.05) is 6.42 Å². The summed E-state index contributed by atoms with van der Waals surface area (Å²) >= 11 is 3.32. The fourth-order valence-electron chi connectivity index (χ4n) is 1.49. The van der Waals surface area contributed by atoms with Gasteiger partial charge >= 0.3 is 0 Å². The molecule has 1 aromatic carbocycles. The molecule has 84 valence electrons. The van der Waals surface area contributed by atoms with Gasteiger partial charge in [0.15, 0.2) is 0 Å². The van der Waals surface area contributed by atoms with Crippen molar-refractivity contribution in [3.8, 4) is 5.75 Å². The summed E-state index contributed by atoms with van der Waals surface area (Å²) in [5.74, 6) is 0.648. The number of phenols is 1. The number of hydrogen-bond acceptors (Lipinski definition) is 2. The van der Waals surface area contributed by atoms with Crippen molar-refractivity contribution in [3.63, 3.8) is 0 Å². The van der Waals surface area contributed by atoms with Crippen LogP contribution in [0, 0.1) is 0 Å². The highest BCUT2D eigenvalue weighted by molar-refractivity contribution is 9.10. The van der Waals surface area contributed by atoms with Crippen LogP contribution >= 0.6 is 15.9 Å². The van der Waals surface area contributed by atoms with E-state index in [1.807, 2.05) is 12.1 Å². The lowest BCUT2D eigenvalue weighted by Crippen LogP contribution is -2.05. The third kappa shape index (κ3) is 3.21. The molecule has 1 aromatic rings. The number of aliphatic hydroxyl groups excluding tert-OH is 1. The van der Waals surface area contributed by atoms with E-state index in [0.717, 1.165) is 11.1 Å². The van der Waals surface area contributed by atoms with Gasteiger partial charge in [-0.25, -0.2) is 0 Å². The highest BCUT2D eigenvalue weighted by atomic mass is 79.9. The van der Waals surface area contributed by atoms with Crippen LogP contribution in [0.15, 0.2) is 16.6 Å². The van der Waals surface area contributed by atoms with Gasteiger partial charge in [-0.05, 0) is 46.0 Å². The molecule has 0 aliphatic heterocycles. The Morgan fingerprint density at radius 1 is 1.27 bits per heavy atom. The number of aliphatic hydroxyl groups is 1. The fraction of sp³-hybridized carbons (Fsp3) is 0.500. The van der Waals surface area contributed by atoms with Crippen LogP contribution in [-0.2, 0) is 6.42 Å². The lowest BCUT2D eigenvalue weighted by atomic mass is 9.98. The van der Waals surface area contributed by atoms with Crippen molar-refractivity contribution in [3.05, 3.63) is 27.7 Å². The van der Waals surface area contributed by atoms with E-state index in [4.69, 9.17) is 0 Å². The van der Waals surface area contributed by atoms with Crippen LogP contribution in [0.3, 0.4) is 0 Å². The van der Waals surface area contributed by atoms with Crippen LogP contribution < -0.4 is 0 Å². The summed E-state index contributed by atoms with van der Waals surface area (Å²) < 4.78 is 0.698. The number of halogens is 1. The van der Waals surface area contributed by atoms with Crippen LogP contribution in [0.2, 0.25) is 0 Å². The molecule has 2 nitrogen and oxygen atoms in total. The number of hydrogen-bond donors (Lipinski definition) is 2. The fourth-order valence-corrected chi connectivity index (χ4v) is 2.01. The van der Waals surface area contributed by atoms with E-state index in [1.54, 1.807) is 6.92 Å². The van der Waals surface area contributed by atoms with Crippen molar-refractivity contribution in [2.24, 2.45) is 0 Å². The van der Waals surface area contributed by atoms with Crippen LogP contribution in [0.1, 0.15) is 37.8 Å². The number of benzene rings is 1. The third-order valence-electron chi connectivity index (χ3n) is 2.35. The van der Waals surface area contributed by atoms with Gasteiger partial charge in [-0.3, -0.25) is 0 Å². The van der Waals surface area contributed by atoms with Crippen molar-refractivity contribution in [1.82, 2.24) is 0 Å². The topological polar surface area (TPSA) is 40.5 Å². The zero-order valence-electron chi connectivity index (χ0n) is 9.29. The number of phenolic OH excluding ortho intramolecular Hbond substituents is 1. The summed E-state index contributed by atoms with van der Waals surface area (Å²) in [6.07, 6.45) is 0.0376. The monoisotopic (exact) mass is 272 g/mol. The zero-order valence-corrected chi connectivity index (χ0v) is 10.9. The van der Waals surface area contributed by atoms with Gasteiger partial charge in [0.1, 0.15) is 5.75 Å². The molecular weight excluding hydrogens is 256 g/mol. The highest BCUT2D eigenvalue weighted by Crippen LogP contribution is 2.32. The molecule has 0 radical (unpaired) electrons. The number of rotatable bonds is 3. The summed E-state index contributed by atoms with van der Waals surface area (Å²) in [6.45, 7) is 5.92. The summed E-state index contributed by atoms with van der Waals surface area (Å²) in [7, 11) is 0. The van der Waals surface area contributed by atoms with E-state index in [2.05, 4.69) is 29.8 Å². The minimum atomic E-state index is -0.440. The van der Waals surface area contributed by atoms with Crippen molar-refractivity contribution in [1.29, 1.82) is 0 Å². The largest absolute Gasteiger partial charge is 0.506 e. The highest BCUT2D eigenvalue weighted by Gasteiger charge is 2.11. The Labute approximate surface area is 99.1 Å². The first-order valence-corrected chi connectivity index (χ1v) is 5.90. The molecule has 1 rings (SSSR count). The van der Waals surface area contributed by atoms with Crippen LogP contribution in [0.5, 0.6) is 5.75 Å². The smallest absolute Gasteiger partial charge is 0.133 e. The van der Waals surface area contributed by atoms with E-state index < -0.39 is 6.10 Å². The molecule has 0 aromatic heterocycles. The quantitative estimate of drug-likeness (QED) is 0.887. The van der Waals surface area contributed by atoms with Crippen molar-refractivity contribution in [2.45, 2.75) is 39.2 Å². The Bertz CT molecular complexity index is 346. The van der Waals surface area contributed by atoms with Gasteiger partial charge < -0.3 is 10.2 Å². The molecule has 0 fully saturated rings. The molecule has 0 bridgehead atoms. The minimum Gasteiger partial charge on any atom is -0.506 e. The molecule has 0 aliphatic carbocycles. The molecule has 1 atom stereocenters. The molecule has 0 spiro atoms. The normalized spacial score (nSPS) is 13.2. The van der Waals surface area contributed by atoms with Crippen molar-refractivity contribution in [2.75, 3.05) is 0 Å². The Hall–Kier alpha value is -0.540. The molecule has 0 heterocycles. The second kappa shape index (κ2) is 4.99. The maximum atomic E-state index is 9.79. The molecule has 0 aliphatic rings. The first kappa shape index (κ1) is 12.5. The van der Waals surface area contributed by atoms with Gasteiger partial charge in [0.2, 0.25) is 0 Å². The lowest BCUT2D eigenvalue weighted by Gasteiger charge is -2.13. The molecule has 15 heavy (non-hydrogen) atoms. The maximum Gasteiger partial charge on any atom is 0.133 e. The predicted octanol–water partition coefficient (Wildman–Crippen LogP) is 3.20. The first-order valence-electron chi connectivity index (χ1n) is 5.11. The summed E-state index contributed by atoms with van der Waals surface area (Å²) in [5, 5.41) is 19.1. The van der Waals surface area contributed by atoms with Crippen LogP contribution in [0.25, 0.3) is 0 Å². The standard InChI is InChI=1S/C12H17BrO2/c1-7(2)9-5-10(4-8(3)14)12(15)11(13)6-9/h5-8,14-15H,4H2,1-3H3. The van der Waals surface area contributed by atoms with E-state index in [0.29, 0.717) is 16.8 Å². The van der Waals surface area contributed by atoms with E-state index in [9.17, 15) is 10.2 Å². The number of aromatic hydroxyl groups is 1. The minimum absolute atomic E-state index is 0.236. The van der Waals surface area contributed by atoms with Gasteiger partial charge in [-0.2, -0.15) is 0 Å². The molecule has 0 amide bonds. The Kier molecular flexibility index (Phi) is 4.17. The van der Waals surface area contributed by atoms with Crippen molar-refractivity contribution < 1.29 is 10.2 Å². The average molecular weight is 273 g/mol. The lowest BCUT2D eigenvalue weighted by molar-refractivity contribution is 0.194. The summed E-state index contributed by atoms with van der Waals surface area (Å²) in [6, 6.07) is 3.88. The average Bonchev–Trinajstić information content (AvgIpc) is 2.11. The predicted molar refractivity (Wildman–Crippen MR) is 65.3 cm³/mol. The SMILES string of the molecule is CC(O)Cc1cc(C(C)C)cc(Br)c1O. The Morgan fingerprint density at radius 2 is 1.87 bits per heavy atom. The molecular formula is C12H17BrO2. The second-order valence-electron chi connectivity index (χ2n) is 4.22. The van der Waals surface area contributed by atoms with E-state index in [-0.39, 0.29) is 5.75 Å². The molecule has 1 unspecified atom stereocenters. The third-order valence-corrected chi connectivity index (χ3v) is 2.95. The Morgan fingerprint density at radius 3 is 2.33 bits per heavy atom. The van der Waals surface area contributed by atoms with Gasteiger partial charge in [-0.15, -0.1) is 0 Å². The van der Waals surface area contributed by atoms with Gasteiger partial charge in [-0.1, -0.05) is 19.9 Å². The zero-order chi connectivity index (χ0) is 11.6. The second-order valence-corrected chi connectivity index (χ2v) is 5.07. The first-order chi connectivity index (χ1) is 6.91. The molecule has 3 heteroatoms. The van der Waals surface area contributed by atoms with Crippen LogP contribution in [-0.4, -0.2) is 16.3 Å². The van der Waals surface area contributed by atoms with E-state index in [1.165, 1.54) is 0 Å². The molecule has 0 saturated carbocycles. The van der Waals surface area contributed by atoms with Crippen molar-refractivity contribution >= 4 is 15.9 Å². The summed E-state index contributed by atoms with van der Waals surface area (Å²) in [5.41, 5.74) is 1.96. The Balaban J connectivity index is 3.13. The van der Waals surface area contributed by atoms with Gasteiger partial charge in [0.05, 0.1) is 10.6 Å². The van der Waals surface area contributed by atoms with Crippen LogP contribution in [0.4, 0.5) is 0 Å². The maximum absolute atomic E-state index is 9.79. The molecule has 2 N–H and O–H groups in total. The van der Waals surface area contributed by atoms with E-state index >= 15 is 0 Å². The summed E-state index contributed by atoms with van der Waals surface area (Å²) in [4.78, 5) is 0.